The van der Waals surface area contributed by atoms with Gasteiger partial charge in [-0.05, 0) is 52.0 Å². The molecule has 2 saturated heterocycles. The van der Waals surface area contributed by atoms with E-state index in [0.717, 1.165) is 23.1 Å². The topological polar surface area (TPSA) is 34.6 Å². The average Bonchev–Trinajstić information content (AvgIpc) is 2.96. The van der Waals surface area contributed by atoms with Gasteiger partial charge >= 0.3 is 7.12 Å². The molecule has 2 aliphatic heterocycles. The van der Waals surface area contributed by atoms with Gasteiger partial charge in [-0.1, -0.05) is 6.07 Å². The fourth-order valence-electron chi connectivity index (χ4n) is 3.29. The lowest BCUT2D eigenvalue weighted by molar-refractivity contribution is 0.00578. The van der Waals surface area contributed by atoms with Crippen LogP contribution in [0.15, 0.2) is 18.3 Å². The van der Waals surface area contributed by atoms with Crippen molar-refractivity contribution in [1.29, 1.82) is 0 Å². The Hall–Kier alpha value is -1.07. The third kappa shape index (κ3) is 2.18. The summed E-state index contributed by atoms with van der Waals surface area (Å²) in [6.07, 6.45) is 3.32. The molecule has 1 aromatic heterocycles. The van der Waals surface area contributed by atoms with Gasteiger partial charge in [-0.25, -0.2) is 4.98 Å². The number of aromatic nitrogens is 1. The first-order chi connectivity index (χ1) is 9.86. The Morgan fingerprint density at radius 2 is 1.71 bits per heavy atom. The third-order valence-electron chi connectivity index (χ3n) is 5.60. The molecule has 3 heterocycles. The summed E-state index contributed by atoms with van der Waals surface area (Å²) in [5.41, 5.74) is 0.404. The van der Waals surface area contributed by atoms with Crippen molar-refractivity contribution in [2.45, 2.75) is 45.3 Å². The van der Waals surface area contributed by atoms with Crippen LogP contribution in [0.25, 0.3) is 0 Å². The van der Waals surface area contributed by atoms with Gasteiger partial charge in [-0.2, -0.15) is 0 Å². The third-order valence-corrected chi connectivity index (χ3v) is 5.60. The monoisotopic (exact) mass is 286 g/mol. The summed E-state index contributed by atoms with van der Waals surface area (Å²) < 4.78 is 12.1. The molecular weight excluding hydrogens is 263 g/mol. The van der Waals surface area contributed by atoms with E-state index in [2.05, 4.69) is 49.7 Å². The van der Waals surface area contributed by atoms with Gasteiger partial charge < -0.3 is 14.2 Å². The maximum Gasteiger partial charge on any atom is 0.496 e. The number of anilines is 1. The number of piperidine rings is 1. The summed E-state index contributed by atoms with van der Waals surface area (Å²) in [5.74, 6) is 2.94. The molecule has 3 aliphatic rings. The quantitative estimate of drug-likeness (QED) is 0.777. The molecule has 0 N–H and O–H groups in total. The number of nitrogens with zero attached hydrogens (tertiary/aromatic N) is 2. The Balaban J connectivity index is 1.49. The fourth-order valence-corrected chi connectivity index (χ4v) is 3.29. The van der Waals surface area contributed by atoms with Crippen molar-refractivity contribution < 1.29 is 9.31 Å². The van der Waals surface area contributed by atoms with Crippen molar-refractivity contribution in [3.63, 3.8) is 0 Å². The van der Waals surface area contributed by atoms with E-state index in [0.29, 0.717) is 0 Å². The van der Waals surface area contributed by atoms with Crippen LogP contribution in [0.1, 0.15) is 34.1 Å². The van der Waals surface area contributed by atoms with E-state index in [1.54, 1.807) is 0 Å². The predicted molar refractivity (Wildman–Crippen MR) is 83.8 cm³/mol. The van der Waals surface area contributed by atoms with Gasteiger partial charge in [-0.15, -0.1) is 0 Å². The summed E-state index contributed by atoms with van der Waals surface area (Å²) in [5, 5.41) is 0. The maximum absolute atomic E-state index is 6.06. The Morgan fingerprint density at radius 1 is 1.10 bits per heavy atom. The number of fused-ring (bicyclic) bond motifs is 1. The van der Waals surface area contributed by atoms with E-state index in [1.807, 2.05) is 6.20 Å². The van der Waals surface area contributed by atoms with Crippen LogP contribution in [0, 0.1) is 11.8 Å². The van der Waals surface area contributed by atoms with Gasteiger partial charge in [0.05, 0.1) is 11.2 Å². The van der Waals surface area contributed by atoms with Gasteiger partial charge in [0.2, 0.25) is 0 Å². The number of hydrogen-bond donors (Lipinski definition) is 0. The van der Waals surface area contributed by atoms with Crippen LogP contribution < -0.4 is 10.4 Å². The summed E-state index contributed by atoms with van der Waals surface area (Å²) >= 11 is 0. The zero-order valence-corrected chi connectivity index (χ0v) is 13.3. The van der Waals surface area contributed by atoms with Crippen molar-refractivity contribution in [2.75, 3.05) is 18.0 Å². The normalized spacial score (nSPS) is 32.4. The van der Waals surface area contributed by atoms with E-state index in [9.17, 15) is 0 Å². The lowest BCUT2D eigenvalue weighted by Crippen LogP contribution is -2.41. The molecule has 1 aromatic rings. The van der Waals surface area contributed by atoms with Gasteiger partial charge in [0.15, 0.2) is 0 Å². The van der Waals surface area contributed by atoms with E-state index in [4.69, 9.17) is 9.31 Å². The SMILES string of the molecule is CC1(C)OB(c2ccc(N3C[C@H]4C[C@H]4C3)nc2)OC1(C)C. The minimum Gasteiger partial charge on any atom is -0.399 e. The standard InChI is InChI=1S/C16H23BN2O2/c1-15(2)16(3,4)21-17(20-15)13-5-6-14(18-8-13)19-9-11-7-12(11)10-19/h5-6,8,11-12H,7,9-10H2,1-4H3/t11-,12+. The Morgan fingerprint density at radius 3 is 2.24 bits per heavy atom. The molecule has 21 heavy (non-hydrogen) atoms. The molecule has 112 valence electrons. The van der Waals surface area contributed by atoms with Crippen molar-refractivity contribution in [3.8, 4) is 0 Å². The van der Waals surface area contributed by atoms with E-state index >= 15 is 0 Å². The lowest BCUT2D eigenvalue weighted by Gasteiger charge is -2.32. The summed E-state index contributed by atoms with van der Waals surface area (Å²) in [7, 11) is -0.316. The van der Waals surface area contributed by atoms with Crippen molar-refractivity contribution >= 4 is 18.4 Å². The number of rotatable bonds is 2. The van der Waals surface area contributed by atoms with Crippen LogP contribution in [0.3, 0.4) is 0 Å². The first kappa shape index (κ1) is 13.6. The van der Waals surface area contributed by atoms with Gasteiger partial charge in [0.25, 0.3) is 0 Å². The minimum absolute atomic E-state index is 0.299. The van der Waals surface area contributed by atoms with Crippen LogP contribution in [0.4, 0.5) is 5.82 Å². The zero-order valence-electron chi connectivity index (χ0n) is 13.3. The molecule has 0 amide bonds. The molecule has 1 saturated carbocycles. The second kappa shape index (κ2) is 4.23. The van der Waals surface area contributed by atoms with E-state index < -0.39 is 0 Å². The van der Waals surface area contributed by atoms with Crippen LogP contribution in [0.5, 0.6) is 0 Å². The van der Waals surface area contributed by atoms with Crippen molar-refractivity contribution in [3.05, 3.63) is 18.3 Å². The predicted octanol–water partition coefficient (Wildman–Crippen LogP) is 1.84. The number of pyridine rings is 1. The summed E-state index contributed by atoms with van der Waals surface area (Å²) in [4.78, 5) is 7.02. The van der Waals surface area contributed by atoms with E-state index in [1.165, 1.54) is 19.5 Å². The fraction of sp³-hybridized carbons (Fsp3) is 0.688. The highest BCUT2D eigenvalue weighted by Gasteiger charge is 2.52. The Kier molecular flexibility index (Phi) is 2.74. The van der Waals surface area contributed by atoms with Crippen LogP contribution in [-0.2, 0) is 9.31 Å². The van der Waals surface area contributed by atoms with Gasteiger partial charge in [0.1, 0.15) is 5.82 Å². The molecule has 4 nitrogen and oxygen atoms in total. The molecule has 3 fully saturated rings. The molecule has 2 atom stereocenters. The second-order valence-electron chi connectivity index (χ2n) is 7.70. The largest absolute Gasteiger partial charge is 0.496 e. The molecule has 0 bridgehead atoms. The van der Waals surface area contributed by atoms with Crippen LogP contribution >= 0.6 is 0 Å². The Bertz CT molecular complexity index is 532. The highest BCUT2D eigenvalue weighted by atomic mass is 16.7. The molecule has 0 radical (unpaired) electrons. The van der Waals surface area contributed by atoms with Crippen molar-refractivity contribution in [2.24, 2.45) is 11.8 Å². The van der Waals surface area contributed by atoms with Gasteiger partial charge in [0, 0.05) is 24.7 Å². The summed E-state index contributed by atoms with van der Waals surface area (Å²) in [6, 6.07) is 4.19. The highest BCUT2D eigenvalue weighted by molar-refractivity contribution is 6.62. The summed E-state index contributed by atoms with van der Waals surface area (Å²) in [6.45, 7) is 10.6. The first-order valence-corrected chi connectivity index (χ1v) is 7.92. The number of hydrogen-bond acceptors (Lipinski definition) is 4. The maximum atomic E-state index is 6.06. The molecular formula is C16H23BN2O2. The van der Waals surface area contributed by atoms with Crippen molar-refractivity contribution in [1.82, 2.24) is 4.98 Å². The van der Waals surface area contributed by atoms with E-state index in [-0.39, 0.29) is 18.3 Å². The minimum atomic E-state index is -0.316. The lowest BCUT2D eigenvalue weighted by atomic mass is 9.80. The average molecular weight is 286 g/mol. The molecule has 0 unspecified atom stereocenters. The molecule has 5 heteroatoms. The molecule has 1 aliphatic carbocycles. The zero-order chi connectivity index (χ0) is 14.8. The second-order valence-corrected chi connectivity index (χ2v) is 7.70. The van der Waals surface area contributed by atoms with Crippen LogP contribution in [-0.4, -0.2) is 36.4 Å². The highest BCUT2D eigenvalue weighted by Crippen LogP contribution is 2.45. The molecule has 0 spiro atoms. The first-order valence-electron chi connectivity index (χ1n) is 7.92. The smallest absolute Gasteiger partial charge is 0.399 e. The van der Waals surface area contributed by atoms with Gasteiger partial charge in [-0.3, -0.25) is 0 Å². The van der Waals surface area contributed by atoms with Crippen LogP contribution in [0.2, 0.25) is 0 Å². The molecule has 0 aromatic carbocycles. The Labute approximate surface area is 127 Å². The molecule has 4 rings (SSSR count).